The summed E-state index contributed by atoms with van der Waals surface area (Å²) in [7, 11) is 0. The van der Waals surface area contributed by atoms with Gasteiger partial charge in [0.05, 0.1) is 31.8 Å². The Bertz CT molecular complexity index is 609. The number of carbonyl (C=O) groups excluding carboxylic acids is 1. The molecule has 2 atom stereocenters. The van der Waals surface area contributed by atoms with Gasteiger partial charge in [0.25, 0.3) is 5.92 Å². The van der Waals surface area contributed by atoms with Crippen molar-refractivity contribution in [3.63, 3.8) is 0 Å². The summed E-state index contributed by atoms with van der Waals surface area (Å²) in [6.45, 7) is 2.20. The molecule has 0 saturated carbocycles. The molecule has 1 aromatic rings. The summed E-state index contributed by atoms with van der Waals surface area (Å²) in [5.41, 5.74) is 0.743. The van der Waals surface area contributed by atoms with Gasteiger partial charge in [-0.2, -0.15) is 0 Å². The summed E-state index contributed by atoms with van der Waals surface area (Å²) in [5, 5.41) is 5.28. The van der Waals surface area contributed by atoms with Crippen molar-refractivity contribution >= 4 is 5.91 Å². The number of hydrogen-bond acceptors (Lipinski definition) is 4. The summed E-state index contributed by atoms with van der Waals surface area (Å²) in [4.78, 5) is 14.3. The monoisotopic (exact) mass is 357 g/mol. The first-order valence-electron chi connectivity index (χ1n) is 8.41. The molecule has 2 N–H and O–H groups in total. The van der Waals surface area contributed by atoms with Gasteiger partial charge in [0.1, 0.15) is 5.82 Å². The Morgan fingerprint density at radius 2 is 2.16 bits per heavy atom. The number of rotatable bonds is 5. The van der Waals surface area contributed by atoms with E-state index in [-0.39, 0.29) is 18.4 Å². The van der Waals surface area contributed by atoms with Crippen LogP contribution < -0.4 is 10.6 Å². The largest absolute Gasteiger partial charge is 0.379 e. The number of hydrogen-bond donors (Lipinski definition) is 2. The van der Waals surface area contributed by atoms with Gasteiger partial charge < -0.3 is 10.1 Å². The van der Waals surface area contributed by atoms with E-state index in [9.17, 15) is 18.0 Å². The fourth-order valence-electron chi connectivity index (χ4n) is 3.28. The van der Waals surface area contributed by atoms with Gasteiger partial charge in [0, 0.05) is 26.1 Å². The number of nitrogens with one attached hydrogen (secondary N) is 2. The minimum Gasteiger partial charge on any atom is -0.379 e. The minimum atomic E-state index is -2.85. The van der Waals surface area contributed by atoms with E-state index in [1.165, 1.54) is 12.1 Å². The molecule has 0 radical (unpaired) electrons. The van der Waals surface area contributed by atoms with Crippen LogP contribution >= 0.6 is 0 Å². The van der Waals surface area contributed by atoms with Crippen molar-refractivity contribution in [2.24, 2.45) is 0 Å². The molecule has 2 fully saturated rings. The third-order valence-electron chi connectivity index (χ3n) is 4.62. The normalized spacial score (nSPS) is 24.8. The van der Waals surface area contributed by atoms with Crippen LogP contribution in [0.2, 0.25) is 0 Å². The van der Waals surface area contributed by atoms with Gasteiger partial charge in [0.15, 0.2) is 0 Å². The molecule has 1 amide bonds. The first-order chi connectivity index (χ1) is 11.9. The predicted molar refractivity (Wildman–Crippen MR) is 85.9 cm³/mol. The van der Waals surface area contributed by atoms with Crippen molar-refractivity contribution in [3.8, 4) is 0 Å². The van der Waals surface area contributed by atoms with Crippen LogP contribution in [-0.4, -0.2) is 62.2 Å². The van der Waals surface area contributed by atoms with Crippen molar-refractivity contribution < 1.29 is 22.7 Å². The molecule has 3 rings (SSSR count). The lowest BCUT2D eigenvalue weighted by Crippen LogP contribution is -2.47. The number of benzene rings is 1. The molecule has 5 nitrogen and oxygen atoms in total. The van der Waals surface area contributed by atoms with E-state index in [1.54, 1.807) is 12.1 Å². The Balaban J connectivity index is 1.66. The number of alkyl halides is 2. The van der Waals surface area contributed by atoms with E-state index in [1.807, 2.05) is 0 Å². The van der Waals surface area contributed by atoms with Crippen molar-refractivity contribution in [1.82, 2.24) is 15.5 Å². The number of nitrogens with zero attached hydrogens (tertiary/aromatic N) is 1. The summed E-state index contributed by atoms with van der Waals surface area (Å²) in [6, 6.07) is 5.10. The van der Waals surface area contributed by atoms with Gasteiger partial charge in [-0.15, -0.1) is 0 Å². The smallest absolute Gasteiger partial charge is 0.262 e. The fourth-order valence-corrected chi connectivity index (χ4v) is 3.28. The number of amides is 1. The van der Waals surface area contributed by atoms with Crippen LogP contribution in [0.4, 0.5) is 13.2 Å². The van der Waals surface area contributed by atoms with Gasteiger partial charge in [-0.05, 0) is 17.7 Å². The van der Waals surface area contributed by atoms with Crippen molar-refractivity contribution in [2.45, 2.75) is 24.4 Å². The molecule has 2 aliphatic heterocycles. The molecule has 138 valence electrons. The second-order valence-corrected chi connectivity index (χ2v) is 6.46. The van der Waals surface area contributed by atoms with E-state index in [0.29, 0.717) is 26.3 Å². The lowest BCUT2D eigenvalue weighted by molar-refractivity contribution is -0.123. The number of halogens is 3. The first kappa shape index (κ1) is 18.2. The maximum atomic E-state index is 13.6. The molecule has 2 saturated heterocycles. The predicted octanol–water partition coefficient (Wildman–Crippen LogP) is 1.31. The molecular formula is C17H22F3N3O2. The zero-order valence-corrected chi connectivity index (χ0v) is 13.8. The molecule has 2 unspecified atom stereocenters. The summed E-state index contributed by atoms with van der Waals surface area (Å²) >= 11 is 0. The van der Waals surface area contributed by atoms with Crippen molar-refractivity contribution in [3.05, 3.63) is 35.6 Å². The highest BCUT2D eigenvalue weighted by atomic mass is 19.3. The maximum absolute atomic E-state index is 13.6. The maximum Gasteiger partial charge on any atom is 0.262 e. The molecule has 0 spiro atoms. The van der Waals surface area contributed by atoms with Crippen molar-refractivity contribution in [2.75, 3.05) is 39.4 Å². The highest BCUT2D eigenvalue weighted by molar-refractivity contribution is 5.82. The van der Waals surface area contributed by atoms with E-state index in [2.05, 4.69) is 15.5 Å². The third-order valence-corrected chi connectivity index (χ3v) is 4.62. The lowest BCUT2D eigenvalue weighted by Gasteiger charge is -2.35. The van der Waals surface area contributed by atoms with E-state index < -0.39 is 30.8 Å². The third kappa shape index (κ3) is 4.71. The van der Waals surface area contributed by atoms with Crippen LogP contribution in [0, 0.1) is 5.82 Å². The fraction of sp³-hybridized carbons (Fsp3) is 0.588. The Morgan fingerprint density at radius 3 is 2.80 bits per heavy atom. The number of ether oxygens (including phenoxy) is 1. The highest BCUT2D eigenvalue weighted by Gasteiger charge is 2.42. The van der Waals surface area contributed by atoms with Gasteiger partial charge >= 0.3 is 0 Å². The number of carbonyl (C=O) groups is 1. The van der Waals surface area contributed by atoms with Crippen LogP contribution in [0.1, 0.15) is 18.0 Å². The van der Waals surface area contributed by atoms with Gasteiger partial charge in [-0.3, -0.25) is 15.0 Å². The molecule has 25 heavy (non-hydrogen) atoms. The second-order valence-electron chi connectivity index (χ2n) is 6.46. The average molecular weight is 357 g/mol. The molecule has 2 heterocycles. The lowest BCUT2D eigenvalue weighted by atomic mass is 10.0. The van der Waals surface area contributed by atoms with Crippen LogP contribution in [0.3, 0.4) is 0 Å². The quantitative estimate of drug-likeness (QED) is 0.835. The van der Waals surface area contributed by atoms with Crippen LogP contribution in [0.5, 0.6) is 0 Å². The molecular weight excluding hydrogens is 335 g/mol. The van der Waals surface area contributed by atoms with E-state index >= 15 is 0 Å². The van der Waals surface area contributed by atoms with Gasteiger partial charge in [-0.25, -0.2) is 13.2 Å². The summed E-state index contributed by atoms with van der Waals surface area (Å²) in [6.07, 6.45) is -0.499. The zero-order valence-electron chi connectivity index (χ0n) is 13.8. The molecule has 2 aliphatic rings. The van der Waals surface area contributed by atoms with Gasteiger partial charge in [-0.1, -0.05) is 12.1 Å². The standard InChI is InChI=1S/C17H22F3N3O2/c18-13-3-1-2-12(8-13)15(23-4-6-25-7-5-23)10-21-16(24)14-9-17(19,20)11-22-14/h1-3,8,14-15,22H,4-7,9-11H2,(H,21,24). The van der Waals surface area contributed by atoms with Crippen LogP contribution in [0.15, 0.2) is 24.3 Å². The van der Waals surface area contributed by atoms with Crippen LogP contribution in [0.25, 0.3) is 0 Å². The van der Waals surface area contributed by atoms with E-state index in [4.69, 9.17) is 4.74 Å². The second kappa shape index (κ2) is 7.72. The molecule has 0 aliphatic carbocycles. The zero-order chi connectivity index (χ0) is 17.9. The highest BCUT2D eigenvalue weighted by Crippen LogP contribution is 2.26. The Hall–Kier alpha value is -1.64. The Morgan fingerprint density at radius 1 is 1.40 bits per heavy atom. The summed E-state index contributed by atoms with van der Waals surface area (Å²) < 4.78 is 45.4. The topological polar surface area (TPSA) is 53.6 Å². The van der Waals surface area contributed by atoms with Crippen molar-refractivity contribution in [1.29, 1.82) is 0 Å². The molecule has 1 aromatic carbocycles. The first-order valence-corrected chi connectivity index (χ1v) is 8.41. The SMILES string of the molecule is O=C(NCC(c1cccc(F)c1)N1CCOCC1)C1CC(F)(F)CN1. The number of morpholine rings is 1. The van der Waals surface area contributed by atoms with E-state index in [0.717, 1.165) is 5.56 Å². The average Bonchev–Trinajstić information content (AvgIpc) is 2.96. The minimum absolute atomic E-state index is 0.228. The van der Waals surface area contributed by atoms with Gasteiger partial charge in [0.2, 0.25) is 5.91 Å². The Labute approximate surface area is 144 Å². The molecule has 8 heteroatoms. The van der Waals surface area contributed by atoms with Crippen LogP contribution in [-0.2, 0) is 9.53 Å². The molecule has 0 bridgehead atoms. The Kier molecular flexibility index (Phi) is 5.61. The molecule has 0 aromatic heterocycles. The summed E-state index contributed by atoms with van der Waals surface area (Å²) in [5.74, 6) is -3.65.